The van der Waals surface area contributed by atoms with Gasteiger partial charge in [0.25, 0.3) is 0 Å². The highest BCUT2D eigenvalue weighted by Crippen LogP contribution is 2.25. The normalized spacial score (nSPS) is 24.3. The summed E-state index contributed by atoms with van der Waals surface area (Å²) in [6, 6.07) is 3.48. The van der Waals surface area contributed by atoms with Gasteiger partial charge in [-0.15, -0.1) is 5.10 Å². The molecule has 1 N–H and O–H groups in total. The Morgan fingerprint density at radius 2 is 2.06 bits per heavy atom. The Morgan fingerprint density at radius 3 is 2.83 bits per heavy atom. The summed E-state index contributed by atoms with van der Waals surface area (Å²) in [6.45, 7) is 2.29. The van der Waals surface area contributed by atoms with Crippen molar-refractivity contribution in [2.75, 3.05) is 5.32 Å². The number of hydrogen-bond donors (Lipinski definition) is 1. The van der Waals surface area contributed by atoms with Crippen molar-refractivity contribution in [3.63, 3.8) is 0 Å². The van der Waals surface area contributed by atoms with Crippen LogP contribution >= 0.6 is 0 Å². The molecule has 0 aromatic carbocycles. The van der Waals surface area contributed by atoms with Crippen LogP contribution in [0.5, 0.6) is 0 Å². The Balaban J connectivity index is 1.74. The molecule has 0 unspecified atom stereocenters. The molecule has 3 rings (SSSR count). The third kappa shape index (κ3) is 2.30. The average molecular weight is 248 g/mol. The van der Waals surface area contributed by atoms with Gasteiger partial charge in [-0.05, 0) is 43.7 Å². The summed E-state index contributed by atoms with van der Waals surface area (Å²) in [5.41, 5.74) is 0.670. The standard InChI is InChI=1S/C13H17FN4/c1-9-2-5-11(6-3-9)15-13-16-12-7-4-10(14)8-18(12)17-13/h4,7-9,11H,2-3,5-6H2,1H3,(H,15,17). The SMILES string of the molecule is CC1CCC(Nc2nc3ccc(F)cn3n2)CC1. The van der Waals surface area contributed by atoms with E-state index in [0.29, 0.717) is 17.6 Å². The number of fused-ring (bicyclic) bond motifs is 1. The van der Waals surface area contributed by atoms with Crippen LogP contribution in [0.4, 0.5) is 10.3 Å². The fraction of sp³-hybridized carbons (Fsp3) is 0.538. The van der Waals surface area contributed by atoms with Crippen LogP contribution < -0.4 is 5.32 Å². The van der Waals surface area contributed by atoms with Crippen molar-refractivity contribution < 1.29 is 4.39 Å². The van der Waals surface area contributed by atoms with E-state index >= 15 is 0 Å². The van der Waals surface area contributed by atoms with Crippen LogP contribution in [0.15, 0.2) is 18.3 Å². The van der Waals surface area contributed by atoms with E-state index in [4.69, 9.17) is 0 Å². The first-order valence-electron chi connectivity index (χ1n) is 6.49. The lowest BCUT2D eigenvalue weighted by molar-refractivity contribution is 0.360. The number of rotatable bonds is 2. The zero-order valence-electron chi connectivity index (χ0n) is 10.4. The number of nitrogens with one attached hydrogen (secondary N) is 1. The second kappa shape index (κ2) is 4.55. The molecule has 0 radical (unpaired) electrons. The molecule has 0 saturated heterocycles. The minimum atomic E-state index is -0.301. The molecule has 96 valence electrons. The summed E-state index contributed by atoms with van der Waals surface area (Å²) >= 11 is 0. The predicted molar refractivity (Wildman–Crippen MR) is 68.0 cm³/mol. The molecule has 1 fully saturated rings. The number of nitrogens with zero attached hydrogens (tertiary/aromatic N) is 3. The smallest absolute Gasteiger partial charge is 0.243 e. The summed E-state index contributed by atoms with van der Waals surface area (Å²) in [7, 11) is 0. The first kappa shape index (κ1) is 11.4. The molecule has 0 atom stereocenters. The Morgan fingerprint density at radius 1 is 1.28 bits per heavy atom. The van der Waals surface area contributed by atoms with Crippen LogP contribution in [0.1, 0.15) is 32.6 Å². The Kier molecular flexibility index (Phi) is 2.89. The second-order valence-electron chi connectivity index (χ2n) is 5.19. The lowest BCUT2D eigenvalue weighted by Crippen LogP contribution is -2.25. The molecule has 4 nitrogen and oxygen atoms in total. The first-order chi connectivity index (χ1) is 8.70. The number of hydrogen-bond acceptors (Lipinski definition) is 3. The molecule has 2 aromatic heterocycles. The molecule has 1 aliphatic rings. The fourth-order valence-corrected chi connectivity index (χ4v) is 2.51. The van der Waals surface area contributed by atoms with E-state index in [0.717, 1.165) is 18.8 Å². The van der Waals surface area contributed by atoms with Gasteiger partial charge >= 0.3 is 0 Å². The fourth-order valence-electron chi connectivity index (χ4n) is 2.51. The summed E-state index contributed by atoms with van der Waals surface area (Å²) in [5.74, 6) is 1.12. The van der Waals surface area contributed by atoms with Crippen LogP contribution in [0.3, 0.4) is 0 Å². The van der Waals surface area contributed by atoms with Gasteiger partial charge in [0.2, 0.25) is 5.95 Å². The van der Waals surface area contributed by atoms with Crippen LogP contribution in [0, 0.1) is 11.7 Å². The lowest BCUT2D eigenvalue weighted by Gasteiger charge is -2.26. The molecule has 2 aromatic rings. The molecular weight excluding hydrogens is 231 g/mol. The molecular formula is C13H17FN4. The third-order valence-electron chi connectivity index (χ3n) is 3.64. The van der Waals surface area contributed by atoms with E-state index in [1.165, 1.54) is 29.6 Å². The highest BCUT2D eigenvalue weighted by Gasteiger charge is 2.19. The molecule has 0 bridgehead atoms. The van der Waals surface area contributed by atoms with E-state index in [1.54, 1.807) is 6.07 Å². The van der Waals surface area contributed by atoms with Crippen LogP contribution in [-0.2, 0) is 0 Å². The number of aromatic nitrogens is 3. The van der Waals surface area contributed by atoms with E-state index in [1.807, 2.05) is 0 Å². The zero-order valence-corrected chi connectivity index (χ0v) is 10.4. The molecule has 18 heavy (non-hydrogen) atoms. The van der Waals surface area contributed by atoms with Crippen molar-refractivity contribution in [3.8, 4) is 0 Å². The van der Waals surface area contributed by atoms with Crippen LogP contribution in [-0.4, -0.2) is 20.6 Å². The molecule has 0 aliphatic heterocycles. The highest BCUT2D eigenvalue weighted by molar-refractivity contribution is 5.43. The Labute approximate surface area is 105 Å². The Bertz CT molecular complexity index is 543. The van der Waals surface area contributed by atoms with Gasteiger partial charge in [-0.3, -0.25) is 0 Å². The van der Waals surface area contributed by atoms with E-state index < -0.39 is 0 Å². The van der Waals surface area contributed by atoms with Crippen LogP contribution in [0.2, 0.25) is 0 Å². The van der Waals surface area contributed by atoms with Gasteiger partial charge in [0.1, 0.15) is 5.82 Å². The van der Waals surface area contributed by atoms with Crippen molar-refractivity contribution in [1.29, 1.82) is 0 Å². The number of anilines is 1. The maximum absolute atomic E-state index is 13.0. The van der Waals surface area contributed by atoms with Gasteiger partial charge in [0, 0.05) is 6.04 Å². The maximum atomic E-state index is 13.0. The van der Waals surface area contributed by atoms with Crippen molar-refractivity contribution in [3.05, 3.63) is 24.1 Å². The quantitative estimate of drug-likeness (QED) is 0.888. The van der Waals surface area contributed by atoms with Crippen molar-refractivity contribution in [1.82, 2.24) is 14.6 Å². The largest absolute Gasteiger partial charge is 0.350 e. The zero-order chi connectivity index (χ0) is 12.5. The summed E-state index contributed by atoms with van der Waals surface area (Å²) in [5, 5.41) is 7.59. The van der Waals surface area contributed by atoms with E-state index in [-0.39, 0.29) is 5.82 Å². The van der Waals surface area contributed by atoms with Gasteiger partial charge in [0.05, 0.1) is 6.20 Å². The monoisotopic (exact) mass is 248 g/mol. The van der Waals surface area contributed by atoms with Gasteiger partial charge in [-0.2, -0.15) is 4.98 Å². The molecule has 2 heterocycles. The molecule has 1 saturated carbocycles. The van der Waals surface area contributed by atoms with E-state index in [9.17, 15) is 4.39 Å². The number of pyridine rings is 1. The molecule has 1 aliphatic carbocycles. The van der Waals surface area contributed by atoms with Crippen molar-refractivity contribution in [2.45, 2.75) is 38.6 Å². The molecule has 5 heteroatoms. The molecule has 0 amide bonds. The summed E-state index contributed by atoms with van der Waals surface area (Å²) < 4.78 is 14.5. The van der Waals surface area contributed by atoms with Crippen molar-refractivity contribution >= 4 is 11.6 Å². The summed E-state index contributed by atoms with van der Waals surface area (Å²) in [4.78, 5) is 4.34. The minimum absolute atomic E-state index is 0.301. The molecule has 0 spiro atoms. The van der Waals surface area contributed by atoms with E-state index in [2.05, 4.69) is 22.3 Å². The maximum Gasteiger partial charge on any atom is 0.243 e. The second-order valence-corrected chi connectivity index (χ2v) is 5.19. The van der Waals surface area contributed by atoms with Crippen LogP contribution in [0.25, 0.3) is 5.65 Å². The van der Waals surface area contributed by atoms with Gasteiger partial charge in [0.15, 0.2) is 5.65 Å². The lowest BCUT2D eigenvalue weighted by atomic mass is 9.87. The number of halogens is 1. The predicted octanol–water partition coefficient (Wildman–Crippen LogP) is 2.86. The van der Waals surface area contributed by atoms with Gasteiger partial charge in [-0.1, -0.05) is 6.92 Å². The van der Waals surface area contributed by atoms with Gasteiger partial charge in [-0.25, -0.2) is 8.91 Å². The van der Waals surface area contributed by atoms with Gasteiger partial charge < -0.3 is 5.32 Å². The topological polar surface area (TPSA) is 42.2 Å². The third-order valence-corrected chi connectivity index (χ3v) is 3.64. The minimum Gasteiger partial charge on any atom is -0.350 e. The van der Waals surface area contributed by atoms with Crippen molar-refractivity contribution in [2.24, 2.45) is 5.92 Å². The first-order valence-corrected chi connectivity index (χ1v) is 6.49. The summed E-state index contributed by atoms with van der Waals surface area (Å²) in [6.07, 6.45) is 6.16. The highest BCUT2D eigenvalue weighted by atomic mass is 19.1. The average Bonchev–Trinajstić information content (AvgIpc) is 2.73. The Hall–Kier alpha value is -1.65.